The number of rotatable bonds is 4. The van der Waals surface area contributed by atoms with Crippen LogP contribution in [0, 0.1) is 0 Å². The van der Waals surface area contributed by atoms with Crippen molar-refractivity contribution in [1.29, 1.82) is 0 Å². The molecular weight excluding hydrogens is 344 g/mol. The van der Waals surface area contributed by atoms with Crippen molar-refractivity contribution in [3.63, 3.8) is 0 Å². The number of hydrogen-bond acceptors (Lipinski definition) is 5. The molecule has 1 atom stereocenters. The molecule has 0 bridgehead atoms. The summed E-state index contributed by atoms with van der Waals surface area (Å²) in [5.41, 5.74) is 0.644. The predicted molar refractivity (Wildman–Crippen MR) is 98.3 cm³/mol. The van der Waals surface area contributed by atoms with Crippen LogP contribution in [0.4, 0.5) is 0 Å². The molecule has 0 amide bonds. The van der Waals surface area contributed by atoms with Crippen molar-refractivity contribution in [2.75, 3.05) is 6.54 Å². The Labute approximate surface area is 143 Å². The van der Waals surface area contributed by atoms with Crippen molar-refractivity contribution in [3.05, 3.63) is 30.2 Å². The summed E-state index contributed by atoms with van der Waals surface area (Å²) >= 11 is 17.9. The van der Waals surface area contributed by atoms with Crippen molar-refractivity contribution < 1.29 is 5.11 Å². The Bertz CT molecular complexity index is 694. The fraction of sp³-hybridized carbons (Fsp3) is 0.167. The number of thiocarbonyl (C=S) groups is 2. The normalized spacial score (nSPS) is 11.9. The molecule has 2 rings (SSSR count). The summed E-state index contributed by atoms with van der Waals surface area (Å²) < 4.78 is 0.691. The molecule has 0 saturated carbocycles. The number of phenolic OH excluding ortho intramolecular Hbond substituents is 1. The fourth-order valence-corrected chi connectivity index (χ4v) is 2.21. The third kappa shape index (κ3) is 4.67. The van der Waals surface area contributed by atoms with Gasteiger partial charge in [0.1, 0.15) is 20.4 Å². The lowest BCUT2D eigenvalue weighted by Gasteiger charge is -2.18. The lowest BCUT2D eigenvalue weighted by molar-refractivity contribution is 0.476. The van der Waals surface area contributed by atoms with E-state index in [1.54, 1.807) is 24.4 Å². The summed E-state index contributed by atoms with van der Waals surface area (Å²) in [7, 11) is 0. The highest BCUT2D eigenvalue weighted by atomic mass is 32.1. The Hall–Kier alpha value is -1.16. The Morgan fingerprint density at radius 3 is 2.71 bits per heavy atom. The molecule has 21 heavy (non-hydrogen) atoms. The van der Waals surface area contributed by atoms with Crippen LogP contribution < -0.4 is 10.6 Å². The van der Waals surface area contributed by atoms with E-state index in [2.05, 4.69) is 45.9 Å². The van der Waals surface area contributed by atoms with Crippen LogP contribution in [-0.4, -0.2) is 30.3 Å². The average Bonchev–Trinajstić information content (AvgIpc) is 2.42. The van der Waals surface area contributed by atoms with E-state index in [4.69, 9.17) is 24.4 Å². The molecule has 1 heterocycles. The van der Waals surface area contributed by atoms with Crippen LogP contribution >= 0.6 is 49.7 Å². The third-order valence-corrected chi connectivity index (χ3v) is 3.20. The molecule has 0 aliphatic carbocycles. The number of aromatic hydroxyl groups is 1. The molecule has 9 heteroatoms. The highest BCUT2D eigenvalue weighted by Crippen LogP contribution is 2.19. The van der Waals surface area contributed by atoms with Gasteiger partial charge in [-0.15, -0.1) is 25.3 Å². The molecule has 0 aliphatic rings. The minimum Gasteiger partial charge on any atom is -0.508 e. The summed E-state index contributed by atoms with van der Waals surface area (Å²) in [5.74, 6) is 0.664. The number of nitrogens with one attached hydrogen (secondary N) is 2. The highest BCUT2D eigenvalue weighted by molar-refractivity contribution is 8.11. The number of thiol groups is 2. The second-order valence-corrected chi connectivity index (χ2v) is 6.48. The minimum absolute atomic E-state index is 0.149. The Morgan fingerprint density at radius 1 is 1.29 bits per heavy atom. The zero-order valence-electron chi connectivity index (χ0n) is 10.6. The molecule has 1 aromatic heterocycles. The van der Waals surface area contributed by atoms with E-state index in [9.17, 15) is 5.11 Å². The van der Waals surface area contributed by atoms with Gasteiger partial charge in [-0.3, -0.25) is 0 Å². The molecular formula is C12H12N4OS4. The van der Waals surface area contributed by atoms with Crippen molar-refractivity contribution in [2.45, 2.75) is 6.04 Å². The van der Waals surface area contributed by atoms with E-state index in [0.29, 0.717) is 26.5 Å². The average molecular weight is 357 g/mol. The second kappa shape index (κ2) is 7.21. The van der Waals surface area contributed by atoms with E-state index in [0.717, 1.165) is 5.39 Å². The highest BCUT2D eigenvalue weighted by Gasteiger charge is 2.15. The molecule has 3 N–H and O–H groups in total. The summed E-state index contributed by atoms with van der Waals surface area (Å²) in [5, 5.41) is 16.3. The Kier molecular flexibility index (Phi) is 5.57. The maximum absolute atomic E-state index is 9.53. The van der Waals surface area contributed by atoms with Crippen LogP contribution in [0.5, 0.6) is 5.75 Å². The molecule has 0 aliphatic heterocycles. The van der Waals surface area contributed by atoms with Gasteiger partial charge in [0.25, 0.3) is 0 Å². The zero-order chi connectivity index (χ0) is 15.4. The number of benzene rings is 1. The quantitative estimate of drug-likeness (QED) is 0.424. The molecule has 0 spiro atoms. The third-order valence-electron chi connectivity index (χ3n) is 2.65. The topological polar surface area (TPSA) is 70.1 Å². The maximum atomic E-state index is 9.53. The summed E-state index contributed by atoms with van der Waals surface area (Å²) in [6, 6.07) is 4.60. The molecule has 0 radical (unpaired) electrons. The van der Waals surface area contributed by atoms with Crippen LogP contribution in [-0.2, 0) is 0 Å². The smallest absolute Gasteiger partial charge is 0.152 e. The van der Waals surface area contributed by atoms with Gasteiger partial charge in [0.15, 0.2) is 5.82 Å². The zero-order valence-corrected chi connectivity index (χ0v) is 14.1. The SMILES string of the molecule is Oc1ccc2cnc(C(CNC(=S)S)NC(=S)S)nc2c1. The standard InChI is InChI=1S/C12H12N4OS4/c17-7-2-1-6-4-13-10(15-8(6)3-7)9(16-12(20)21)5-14-11(18)19/h1-4,9,17H,5H2,(H2,14,18,19)(H2,16,20,21). The van der Waals surface area contributed by atoms with Crippen molar-refractivity contribution in [2.24, 2.45) is 0 Å². The molecule has 0 saturated heterocycles. The van der Waals surface area contributed by atoms with Gasteiger partial charge >= 0.3 is 0 Å². The van der Waals surface area contributed by atoms with Crippen molar-refractivity contribution >= 4 is 69.2 Å². The summed E-state index contributed by atoms with van der Waals surface area (Å²) in [4.78, 5) is 8.74. The van der Waals surface area contributed by atoms with E-state index in [-0.39, 0.29) is 11.8 Å². The summed E-state index contributed by atoms with van der Waals surface area (Å²) in [6.07, 6.45) is 1.69. The number of phenols is 1. The molecule has 1 unspecified atom stereocenters. The van der Waals surface area contributed by atoms with Gasteiger partial charge < -0.3 is 15.7 Å². The minimum atomic E-state index is -0.313. The first-order valence-electron chi connectivity index (χ1n) is 5.87. The van der Waals surface area contributed by atoms with Gasteiger partial charge in [-0.1, -0.05) is 24.4 Å². The monoisotopic (exact) mass is 356 g/mol. The van der Waals surface area contributed by atoms with Gasteiger partial charge in [0.2, 0.25) is 0 Å². The van der Waals surface area contributed by atoms with Gasteiger partial charge in [-0.05, 0) is 12.1 Å². The van der Waals surface area contributed by atoms with E-state index in [1.807, 2.05) is 0 Å². The van der Waals surface area contributed by atoms with Crippen LogP contribution in [0.3, 0.4) is 0 Å². The van der Waals surface area contributed by atoms with Gasteiger partial charge in [-0.25, -0.2) is 9.97 Å². The van der Waals surface area contributed by atoms with Crippen molar-refractivity contribution in [1.82, 2.24) is 20.6 Å². The number of aromatic nitrogens is 2. The molecule has 5 nitrogen and oxygen atoms in total. The van der Waals surface area contributed by atoms with Gasteiger partial charge in [-0.2, -0.15) is 0 Å². The summed E-state index contributed by atoms with van der Waals surface area (Å²) in [6.45, 7) is 0.410. The van der Waals surface area contributed by atoms with E-state index >= 15 is 0 Å². The van der Waals surface area contributed by atoms with Gasteiger partial charge in [0.05, 0.1) is 5.52 Å². The van der Waals surface area contributed by atoms with E-state index in [1.165, 1.54) is 0 Å². The van der Waals surface area contributed by atoms with Gasteiger partial charge in [0, 0.05) is 24.2 Å². The molecule has 0 fully saturated rings. The maximum Gasteiger partial charge on any atom is 0.152 e. The first-order valence-corrected chi connectivity index (χ1v) is 7.58. The van der Waals surface area contributed by atoms with Crippen LogP contribution in [0.1, 0.15) is 11.9 Å². The lowest BCUT2D eigenvalue weighted by atomic mass is 10.2. The first kappa shape index (κ1) is 16.2. The number of nitrogens with zero attached hydrogens (tertiary/aromatic N) is 2. The largest absolute Gasteiger partial charge is 0.508 e. The Balaban J connectivity index is 2.33. The van der Waals surface area contributed by atoms with Crippen molar-refractivity contribution in [3.8, 4) is 5.75 Å². The lowest BCUT2D eigenvalue weighted by Crippen LogP contribution is -2.35. The fourth-order valence-electron chi connectivity index (χ4n) is 1.74. The predicted octanol–water partition coefficient (Wildman–Crippen LogP) is 1.99. The molecule has 1 aromatic carbocycles. The Morgan fingerprint density at radius 2 is 2.05 bits per heavy atom. The number of hydrogen-bond donors (Lipinski definition) is 5. The first-order chi connectivity index (χ1) is 9.95. The van der Waals surface area contributed by atoms with Crippen LogP contribution in [0.15, 0.2) is 24.4 Å². The molecule has 2 aromatic rings. The molecule has 110 valence electrons. The van der Waals surface area contributed by atoms with Crippen LogP contribution in [0.25, 0.3) is 10.9 Å². The van der Waals surface area contributed by atoms with Crippen LogP contribution in [0.2, 0.25) is 0 Å². The van der Waals surface area contributed by atoms with E-state index < -0.39 is 0 Å². The number of fused-ring (bicyclic) bond motifs is 1. The second-order valence-electron chi connectivity index (χ2n) is 4.16.